The summed E-state index contributed by atoms with van der Waals surface area (Å²) in [5.74, 6) is 1.16. The third kappa shape index (κ3) is 4.94. The Kier molecular flexibility index (Phi) is 5.75. The molecule has 0 radical (unpaired) electrons. The first-order valence-electron chi connectivity index (χ1n) is 10.5. The standard InChI is InChI=1S/C24H28N6O/c1-24(2,3)18-12-10-17(11-13-18)22-27-20-16-21(31)29-30(20)23(28-22)26-15-7-14-25-19-8-5-4-6-9-19/h4-6,8-13,16,25H,7,14-15H2,1-3H3,(H,29,31)(H,26,27,28). The fourth-order valence-electron chi connectivity index (χ4n) is 3.35. The smallest absolute Gasteiger partial charge is 0.266 e. The van der Waals surface area contributed by atoms with Crippen LogP contribution in [0.15, 0.2) is 65.5 Å². The quantitative estimate of drug-likeness (QED) is 0.391. The molecule has 31 heavy (non-hydrogen) atoms. The van der Waals surface area contributed by atoms with Gasteiger partial charge in [0.1, 0.15) is 0 Å². The number of H-pyrrole nitrogens is 1. The number of hydrogen-bond acceptors (Lipinski definition) is 5. The van der Waals surface area contributed by atoms with Gasteiger partial charge in [0.15, 0.2) is 11.5 Å². The Morgan fingerprint density at radius 1 is 0.935 bits per heavy atom. The maximum atomic E-state index is 11.9. The van der Waals surface area contributed by atoms with Gasteiger partial charge in [0.05, 0.1) is 0 Å². The molecule has 0 aliphatic heterocycles. The van der Waals surface area contributed by atoms with Gasteiger partial charge < -0.3 is 10.6 Å². The molecule has 0 aliphatic carbocycles. The van der Waals surface area contributed by atoms with Gasteiger partial charge in [-0.15, -0.1) is 0 Å². The highest BCUT2D eigenvalue weighted by Crippen LogP contribution is 2.25. The number of para-hydroxylation sites is 1. The lowest BCUT2D eigenvalue weighted by Crippen LogP contribution is -2.14. The van der Waals surface area contributed by atoms with Crippen LogP contribution in [-0.2, 0) is 5.41 Å². The Labute approximate surface area is 181 Å². The van der Waals surface area contributed by atoms with Crippen molar-refractivity contribution in [2.24, 2.45) is 0 Å². The molecule has 2 heterocycles. The highest BCUT2D eigenvalue weighted by Gasteiger charge is 2.15. The molecule has 0 bridgehead atoms. The first-order chi connectivity index (χ1) is 14.9. The van der Waals surface area contributed by atoms with Crippen molar-refractivity contribution in [3.8, 4) is 11.4 Å². The number of fused-ring (bicyclic) bond motifs is 1. The van der Waals surface area contributed by atoms with Crippen molar-refractivity contribution in [1.82, 2.24) is 19.6 Å². The Morgan fingerprint density at radius 3 is 2.35 bits per heavy atom. The van der Waals surface area contributed by atoms with E-state index in [-0.39, 0.29) is 11.0 Å². The molecule has 7 heteroatoms. The molecule has 0 atom stereocenters. The zero-order valence-electron chi connectivity index (χ0n) is 18.1. The summed E-state index contributed by atoms with van der Waals surface area (Å²) in [5.41, 5.74) is 3.68. The van der Waals surface area contributed by atoms with Crippen molar-refractivity contribution in [3.63, 3.8) is 0 Å². The van der Waals surface area contributed by atoms with Gasteiger partial charge in [-0.25, -0.2) is 9.50 Å². The molecule has 7 nitrogen and oxygen atoms in total. The number of aromatic amines is 1. The fourth-order valence-corrected chi connectivity index (χ4v) is 3.35. The zero-order chi connectivity index (χ0) is 21.8. The van der Waals surface area contributed by atoms with Gasteiger partial charge in [-0.1, -0.05) is 63.2 Å². The highest BCUT2D eigenvalue weighted by molar-refractivity contribution is 5.60. The van der Waals surface area contributed by atoms with E-state index >= 15 is 0 Å². The average molecular weight is 417 g/mol. The predicted molar refractivity (Wildman–Crippen MR) is 126 cm³/mol. The van der Waals surface area contributed by atoms with Crippen molar-refractivity contribution in [2.45, 2.75) is 32.6 Å². The minimum Gasteiger partial charge on any atom is -0.385 e. The minimum atomic E-state index is -0.205. The normalized spacial score (nSPS) is 11.6. The molecule has 4 aromatic rings. The van der Waals surface area contributed by atoms with Gasteiger partial charge in [-0.2, -0.15) is 4.98 Å². The second kappa shape index (κ2) is 8.63. The van der Waals surface area contributed by atoms with Crippen LogP contribution >= 0.6 is 0 Å². The molecule has 0 unspecified atom stereocenters. The summed E-state index contributed by atoms with van der Waals surface area (Å²) in [6.07, 6.45) is 0.890. The summed E-state index contributed by atoms with van der Waals surface area (Å²) in [4.78, 5) is 21.1. The minimum absolute atomic E-state index is 0.0811. The Balaban J connectivity index is 1.50. The fraction of sp³-hybridized carbons (Fsp3) is 0.292. The molecule has 0 fully saturated rings. The van der Waals surface area contributed by atoms with Crippen LogP contribution in [0.1, 0.15) is 32.8 Å². The van der Waals surface area contributed by atoms with Gasteiger partial charge in [0, 0.05) is 30.4 Å². The van der Waals surface area contributed by atoms with Crippen LogP contribution in [0.3, 0.4) is 0 Å². The largest absolute Gasteiger partial charge is 0.385 e. The Bertz CT molecular complexity index is 1200. The van der Waals surface area contributed by atoms with Gasteiger partial charge in [0.2, 0.25) is 5.95 Å². The van der Waals surface area contributed by atoms with Gasteiger partial charge >= 0.3 is 0 Å². The monoisotopic (exact) mass is 416 g/mol. The average Bonchev–Trinajstić information content (AvgIpc) is 3.14. The summed E-state index contributed by atoms with van der Waals surface area (Å²) >= 11 is 0. The predicted octanol–water partition coefficient (Wildman–Crippen LogP) is 4.30. The van der Waals surface area contributed by atoms with Crippen molar-refractivity contribution < 1.29 is 0 Å². The molecule has 3 N–H and O–H groups in total. The van der Waals surface area contributed by atoms with E-state index in [9.17, 15) is 4.79 Å². The van der Waals surface area contributed by atoms with Gasteiger partial charge in [0.25, 0.3) is 5.56 Å². The number of nitrogens with zero attached hydrogens (tertiary/aromatic N) is 3. The molecule has 0 spiro atoms. The van der Waals surface area contributed by atoms with Crippen LogP contribution in [-0.4, -0.2) is 32.7 Å². The van der Waals surface area contributed by atoms with Crippen molar-refractivity contribution >= 4 is 17.3 Å². The number of hydrogen-bond donors (Lipinski definition) is 3. The number of nitrogens with one attached hydrogen (secondary N) is 3. The maximum absolute atomic E-state index is 11.9. The van der Waals surface area contributed by atoms with Gasteiger partial charge in [-0.05, 0) is 29.5 Å². The van der Waals surface area contributed by atoms with E-state index in [1.165, 1.54) is 11.6 Å². The number of anilines is 2. The van der Waals surface area contributed by atoms with Crippen molar-refractivity contribution in [1.29, 1.82) is 0 Å². The topological polar surface area (TPSA) is 87.1 Å². The van der Waals surface area contributed by atoms with Crippen LogP contribution < -0.4 is 16.2 Å². The molecule has 160 valence electrons. The summed E-state index contributed by atoms with van der Waals surface area (Å²) in [6.45, 7) is 8.09. The molecule has 2 aromatic carbocycles. The molecular formula is C24H28N6O. The SMILES string of the molecule is CC(C)(C)c1ccc(-c2nc(NCCCNc3ccccc3)n3[nH]c(=O)cc3n2)cc1. The zero-order valence-corrected chi connectivity index (χ0v) is 18.1. The summed E-state index contributed by atoms with van der Waals surface area (Å²) in [7, 11) is 0. The Hall–Kier alpha value is -3.61. The van der Waals surface area contributed by atoms with Crippen LogP contribution in [0.2, 0.25) is 0 Å². The van der Waals surface area contributed by atoms with Crippen molar-refractivity contribution in [3.05, 3.63) is 76.6 Å². The first-order valence-corrected chi connectivity index (χ1v) is 10.5. The molecule has 0 saturated heterocycles. The lowest BCUT2D eigenvalue weighted by atomic mass is 9.87. The van der Waals surface area contributed by atoms with Gasteiger partial charge in [-0.3, -0.25) is 9.89 Å². The van der Waals surface area contributed by atoms with Crippen LogP contribution in [0.4, 0.5) is 11.6 Å². The third-order valence-electron chi connectivity index (χ3n) is 5.10. The summed E-state index contributed by atoms with van der Waals surface area (Å²) in [5, 5.41) is 9.48. The summed E-state index contributed by atoms with van der Waals surface area (Å²) in [6, 6.07) is 19.9. The molecule has 2 aromatic heterocycles. The first kappa shape index (κ1) is 20.7. The van der Waals surface area contributed by atoms with Crippen molar-refractivity contribution in [2.75, 3.05) is 23.7 Å². The van der Waals surface area contributed by atoms with Crippen LogP contribution in [0.5, 0.6) is 0 Å². The lowest BCUT2D eigenvalue weighted by molar-refractivity contribution is 0.590. The maximum Gasteiger partial charge on any atom is 0.266 e. The second-order valence-electron chi connectivity index (χ2n) is 8.59. The summed E-state index contributed by atoms with van der Waals surface area (Å²) < 4.78 is 1.60. The van der Waals surface area contributed by atoms with E-state index in [2.05, 4.69) is 58.6 Å². The second-order valence-corrected chi connectivity index (χ2v) is 8.59. The van der Waals surface area contributed by atoms with E-state index in [1.54, 1.807) is 4.52 Å². The molecule has 0 amide bonds. The molecule has 0 aliphatic rings. The third-order valence-corrected chi connectivity index (χ3v) is 5.10. The lowest BCUT2D eigenvalue weighted by Gasteiger charge is -2.19. The number of aromatic nitrogens is 4. The molecule has 4 rings (SSSR count). The van der Waals surface area contributed by atoms with Crippen LogP contribution in [0.25, 0.3) is 17.0 Å². The van der Waals surface area contributed by atoms with E-state index in [0.717, 1.165) is 24.2 Å². The molecular weight excluding hydrogens is 388 g/mol. The van der Waals surface area contributed by atoms with E-state index in [1.807, 2.05) is 42.5 Å². The molecule has 0 saturated carbocycles. The van der Waals surface area contributed by atoms with E-state index < -0.39 is 0 Å². The number of benzene rings is 2. The van der Waals surface area contributed by atoms with E-state index in [0.29, 0.717) is 24.0 Å². The van der Waals surface area contributed by atoms with Crippen LogP contribution in [0, 0.1) is 0 Å². The highest BCUT2D eigenvalue weighted by atomic mass is 16.1. The number of rotatable bonds is 7. The van der Waals surface area contributed by atoms with E-state index in [4.69, 9.17) is 0 Å². The Morgan fingerprint density at radius 2 is 1.65 bits per heavy atom.